The van der Waals surface area contributed by atoms with Crippen molar-refractivity contribution in [3.05, 3.63) is 18.2 Å². The highest BCUT2D eigenvalue weighted by atomic mass is 32.2. The van der Waals surface area contributed by atoms with E-state index in [-0.39, 0.29) is 10.3 Å². The topological polar surface area (TPSA) is 72.6 Å². The first-order chi connectivity index (χ1) is 9.66. The van der Waals surface area contributed by atoms with Crippen molar-refractivity contribution in [1.82, 2.24) is 4.31 Å². The maximum absolute atomic E-state index is 12.8. The number of rotatable bonds is 3. The maximum Gasteiger partial charge on any atom is 0.246 e. The molecular weight excluding hydrogens is 288 g/mol. The van der Waals surface area contributed by atoms with Gasteiger partial charge >= 0.3 is 0 Å². The Morgan fingerprint density at radius 2 is 2.00 bits per heavy atom. The molecule has 1 heterocycles. The Bertz CT molecular complexity index is 620. The van der Waals surface area contributed by atoms with Crippen LogP contribution in [0.4, 0.5) is 5.69 Å². The van der Waals surface area contributed by atoms with Crippen LogP contribution in [0.3, 0.4) is 0 Å². The molecule has 0 radical (unpaired) electrons. The zero-order valence-electron chi connectivity index (χ0n) is 13.1. The largest absolute Gasteiger partial charge is 0.495 e. The first kappa shape index (κ1) is 16.1. The van der Waals surface area contributed by atoms with Crippen molar-refractivity contribution in [1.29, 1.82) is 0 Å². The molecule has 6 heteroatoms. The van der Waals surface area contributed by atoms with Gasteiger partial charge < -0.3 is 10.5 Å². The molecule has 1 aliphatic rings. The molecule has 0 saturated carbocycles. The summed E-state index contributed by atoms with van der Waals surface area (Å²) < 4.78 is 32.4. The predicted octanol–water partition coefficient (Wildman–Crippen LogP) is 2.33. The number of ether oxygens (including phenoxy) is 1. The number of anilines is 1. The van der Waals surface area contributed by atoms with Gasteiger partial charge in [0.1, 0.15) is 10.6 Å². The standard InChI is InChI=1S/C15H24N2O3S/c1-15(2,3)11-7-8-17(10-11)21(18,19)14-9-12(16)5-6-13(14)20-4/h5-6,9,11H,7-8,10,16H2,1-4H3. The molecule has 1 atom stereocenters. The summed E-state index contributed by atoms with van der Waals surface area (Å²) in [6.45, 7) is 7.53. The number of hydrogen-bond donors (Lipinski definition) is 1. The lowest BCUT2D eigenvalue weighted by Gasteiger charge is -2.27. The molecule has 1 fully saturated rings. The molecule has 21 heavy (non-hydrogen) atoms. The van der Waals surface area contributed by atoms with Crippen LogP contribution in [-0.4, -0.2) is 32.9 Å². The molecule has 118 valence electrons. The maximum atomic E-state index is 12.8. The van der Waals surface area contributed by atoms with Gasteiger partial charge in [-0.15, -0.1) is 0 Å². The van der Waals surface area contributed by atoms with Gasteiger partial charge in [0.15, 0.2) is 0 Å². The Labute approximate surface area is 127 Å². The lowest BCUT2D eigenvalue weighted by Crippen LogP contribution is -2.31. The molecule has 0 aromatic heterocycles. The molecule has 5 nitrogen and oxygen atoms in total. The molecular formula is C15H24N2O3S. The van der Waals surface area contributed by atoms with Crippen LogP contribution >= 0.6 is 0 Å². The number of nitrogens with zero attached hydrogens (tertiary/aromatic N) is 1. The van der Waals surface area contributed by atoms with Gasteiger partial charge in [0, 0.05) is 18.8 Å². The van der Waals surface area contributed by atoms with Crippen LogP contribution in [0, 0.1) is 11.3 Å². The van der Waals surface area contributed by atoms with Crippen LogP contribution in [0.25, 0.3) is 0 Å². The van der Waals surface area contributed by atoms with E-state index in [1.54, 1.807) is 16.4 Å². The number of methoxy groups -OCH3 is 1. The summed E-state index contributed by atoms with van der Waals surface area (Å²) in [5.74, 6) is 0.697. The average Bonchev–Trinajstić information content (AvgIpc) is 2.88. The van der Waals surface area contributed by atoms with Crippen molar-refractivity contribution < 1.29 is 13.2 Å². The van der Waals surface area contributed by atoms with Crippen molar-refractivity contribution >= 4 is 15.7 Å². The first-order valence-corrected chi connectivity index (χ1v) is 8.54. The van der Waals surface area contributed by atoms with Crippen LogP contribution < -0.4 is 10.5 Å². The monoisotopic (exact) mass is 312 g/mol. The molecule has 0 aliphatic carbocycles. The van der Waals surface area contributed by atoms with Crippen LogP contribution in [0.2, 0.25) is 0 Å². The number of nitrogen functional groups attached to an aromatic ring is 1. The quantitative estimate of drug-likeness (QED) is 0.870. The van der Waals surface area contributed by atoms with Crippen molar-refractivity contribution in [2.45, 2.75) is 32.1 Å². The highest BCUT2D eigenvalue weighted by molar-refractivity contribution is 7.89. The molecule has 2 N–H and O–H groups in total. The zero-order chi connectivity index (χ0) is 15.8. The number of hydrogen-bond acceptors (Lipinski definition) is 4. The third kappa shape index (κ3) is 3.16. The van der Waals surface area contributed by atoms with Gasteiger partial charge in [-0.25, -0.2) is 8.42 Å². The van der Waals surface area contributed by atoms with E-state index < -0.39 is 10.0 Å². The molecule has 1 aromatic carbocycles. The van der Waals surface area contributed by atoms with Crippen LogP contribution in [-0.2, 0) is 10.0 Å². The lowest BCUT2D eigenvalue weighted by molar-refractivity contribution is 0.251. The summed E-state index contributed by atoms with van der Waals surface area (Å²) in [6.07, 6.45) is 0.882. The molecule has 1 unspecified atom stereocenters. The van der Waals surface area contributed by atoms with E-state index in [0.29, 0.717) is 30.4 Å². The van der Waals surface area contributed by atoms with Gasteiger partial charge in [-0.1, -0.05) is 20.8 Å². The minimum Gasteiger partial charge on any atom is -0.495 e. The summed E-state index contributed by atoms with van der Waals surface area (Å²) in [6, 6.07) is 4.71. The molecule has 1 saturated heterocycles. The van der Waals surface area contributed by atoms with Gasteiger partial charge in [-0.2, -0.15) is 4.31 Å². The highest BCUT2D eigenvalue weighted by Gasteiger charge is 2.38. The fraction of sp³-hybridized carbons (Fsp3) is 0.600. The normalized spacial score (nSPS) is 20.7. The fourth-order valence-corrected chi connectivity index (χ4v) is 4.38. The fourth-order valence-electron chi connectivity index (χ4n) is 2.69. The summed E-state index contributed by atoms with van der Waals surface area (Å²) in [4.78, 5) is 0.152. The van der Waals surface area contributed by atoms with Crippen molar-refractivity contribution in [2.24, 2.45) is 11.3 Å². The van der Waals surface area contributed by atoms with Gasteiger partial charge in [0.05, 0.1) is 7.11 Å². The number of benzene rings is 1. The summed E-state index contributed by atoms with van der Waals surface area (Å²) in [5, 5.41) is 0. The van der Waals surface area contributed by atoms with E-state index >= 15 is 0 Å². The molecule has 0 bridgehead atoms. The minimum absolute atomic E-state index is 0.101. The summed E-state index contributed by atoms with van der Waals surface area (Å²) in [7, 11) is -2.10. The van der Waals surface area contributed by atoms with E-state index in [2.05, 4.69) is 20.8 Å². The second-order valence-corrected chi connectivity index (χ2v) is 8.53. The van der Waals surface area contributed by atoms with Crippen molar-refractivity contribution in [3.63, 3.8) is 0 Å². The average molecular weight is 312 g/mol. The van der Waals surface area contributed by atoms with E-state index in [1.807, 2.05) is 0 Å². The van der Waals surface area contributed by atoms with Crippen LogP contribution in [0.1, 0.15) is 27.2 Å². The predicted molar refractivity (Wildman–Crippen MR) is 83.7 cm³/mol. The minimum atomic E-state index is -3.57. The number of sulfonamides is 1. The Morgan fingerprint density at radius 1 is 1.33 bits per heavy atom. The summed E-state index contributed by atoms with van der Waals surface area (Å²) >= 11 is 0. The third-order valence-corrected chi connectivity index (χ3v) is 6.07. The second kappa shape index (κ2) is 5.50. The van der Waals surface area contributed by atoms with Crippen molar-refractivity contribution in [2.75, 3.05) is 25.9 Å². The van der Waals surface area contributed by atoms with Crippen molar-refractivity contribution in [3.8, 4) is 5.75 Å². The van der Waals surface area contributed by atoms with E-state index in [9.17, 15) is 8.42 Å². The van der Waals surface area contributed by atoms with Gasteiger partial charge in [-0.05, 0) is 36.0 Å². The molecule has 1 aliphatic heterocycles. The lowest BCUT2D eigenvalue weighted by atomic mass is 9.80. The molecule has 2 rings (SSSR count). The van der Waals surface area contributed by atoms with Crippen LogP contribution in [0.5, 0.6) is 5.75 Å². The second-order valence-electron chi connectivity index (χ2n) is 6.62. The van der Waals surface area contributed by atoms with Gasteiger partial charge in [-0.3, -0.25) is 0 Å². The Kier molecular flexibility index (Phi) is 4.22. The van der Waals surface area contributed by atoms with E-state index in [0.717, 1.165) is 6.42 Å². The Hall–Kier alpha value is -1.27. The molecule has 0 amide bonds. The third-order valence-electron chi connectivity index (χ3n) is 4.18. The summed E-state index contributed by atoms with van der Waals surface area (Å²) in [5.41, 5.74) is 6.25. The van der Waals surface area contributed by atoms with Gasteiger partial charge in [0.25, 0.3) is 0 Å². The Morgan fingerprint density at radius 3 is 2.52 bits per heavy atom. The zero-order valence-corrected chi connectivity index (χ0v) is 13.9. The van der Waals surface area contributed by atoms with E-state index in [1.165, 1.54) is 13.2 Å². The first-order valence-electron chi connectivity index (χ1n) is 7.10. The van der Waals surface area contributed by atoms with Crippen LogP contribution in [0.15, 0.2) is 23.1 Å². The highest BCUT2D eigenvalue weighted by Crippen LogP contribution is 2.37. The Balaban J connectivity index is 2.34. The smallest absolute Gasteiger partial charge is 0.246 e. The SMILES string of the molecule is COc1ccc(N)cc1S(=O)(=O)N1CCC(C(C)(C)C)C1. The molecule has 1 aromatic rings. The number of nitrogens with two attached hydrogens (primary N) is 1. The van der Waals surface area contributed by atoms with E-state index in [4.69, 9.17) is 10.5 Å². The van der Waals surface area contributed by atoms with Gasteiger partial charge in [0.2, 0.25) is 10.0 Å². The molecule has 0 spiro atoms.